The third-order valence-electron chi connectivity index (χ3n) is 4.28. The van der Waals surface area contributed by atoms with Crippen LogP contribution in [0.2, 0.25) is 0 Å². The van der Waals surface area contributed by atoms with Gasteiger partial charge in [-0.15, -0.1) is 0 Å². The SMILES string of the molecule is CCn1ncc(NC(=O)CCn2cc(Br)cn2)c1C(=O)Nc1cnn(C)c1C. The fourth-order valence-electron chi connectivity index (χ4n) is 2.65. The molecule has 0 aliphatic carbocycles. The monoisotopic (exact) mass is 448 g/mol. The van der Waals surface area contributed by atoms with Gasteiger partial charge in [0.05, 0.1) is 40.1 Å². The summed E-state index contributed by atoms with van der Waals surface area (Å²) in [7, 11) is 1.80. The molecule has 0 radical (unpaired) electrons. The van der Waals surface area contributed by atoms with E-state index < -0.39 is 0 Å². The molecule has 0 bridgehead atoms. The van der Waals surface area contributed by atoms with Crippen LogP contribution in [0.5, 0.6) is 0 Å². The summed E-state index contributed by atoms with van der Waals surface area (Å²) in [5.41, 5.74) is 2.10. The van der Waals surface area contributed by atoms with Gasteiger partial charge in [-0.25, -0.2) is 0 Å². The molecule has 0 fully saturated rings. The third-order valence-corrected chi connectivity index (χ3v) is 4.69. The molecule has 28 heavy (non-hydrogen) atoms. The van der Waals surface area contributed by atoms with Gasteiger partial charge in [-0.1, -0.05) is 0 Å². The molecule has 0 saturated carbocycles. The minimum absolute atomic E-state index is 0.216. The van der Waals surface area contributed by atoms with Gasteiger partial charge in [0.2, 0.25) is 5.91 Å². The Morgan fingerprint density at radius 3 is 2.46 bits per heavy atom. The number of rotatable bonds is 7. The number of hydrogen-bond acceptors (Lipinski definition) is 5. The Morgan fingerprint density at radius 1 is 1.11 bits per heavy atom. The molecule has 2 amide bonds. The van der Waals surface area contributed by atoms with Gasteiger partial charge in [-0.3, -0.25) is 23.6 Å². The van der Waals surface area contributed by atoms with Crippen molar-refractivity contribution >= 4 is 39.1 Å². The number of carbonyl (C=O) groups excluding carboxylic acids is 2. The van der Waals surface area contributed by atoms with Crippen LogP contribution < -0.4 is 10.6 Å². The normalized spacial score (nSPS) is 10.9. The zero-order chi connectivity index (χ0) is 20.3. The van der Waals surface area contributed by atoms with Crippen molar-refractivity contribution in [3.8, 4) is 0 Å². The highest BCUT2D eigenvalue weighted by Crippen LogP contribution is 2.19. The second-order valence-electron chi connectivity index (χ2n) is 6.16. The van der Waals surface area contributed by atoms with E-state index in [1.54, 1.807) is 39.7 Å². The fourth-order valence-corrected chi connectivity index (χ4v) is 2.98. The van der Waals surface area contributed by atoms with Gasteiger partial charge in [0, 0.05) is 32.8 Å². The van der Waals surface area contributed by atoms with E-state index in [9.17, 15) is 9.59 Å². The van der Waals surface area contributed by atoms with E-state index in [0.717, 1.165) is 10.2 Å². The minimum atomic E-state index is -0.359. The van der Waals surface area contributed by atoms with Gasteiger partial charge in [0.1, 0.15) is 5.69 Å². The number of anilines is 2. The fraction of sp³-hybridized carbons (Fsp3) is 0.353. The van der Waals surface area contributed by atoms with E-state index in [4.69, 9.17) is 0 Å². The molecule has 0 spiro atoms. The molecule has 3 rings (SSSR count). The lowest BCUT2D eigenvalue weighted by atomic mass is 10.3. The maximum atomic E-state index is 12.8. The molecule has 0 atom stereocenters. The second kappa shape index (κ2) is 8.38. The van der Waals surface area contributed by atoms with Gasteiger partial charge in [0.25, 0.3) is 5.91 Å². The Balaban J connectivity index is 1.71. The highest BCUT2D eigenvalue weighted by Gasteiger charge is 2.21. The number of halogens is 1. The summed E-state index contributed by atoms with van der Waals surface area (Å²) in [4.78, 5) is 25.2. The van der Waals surface area contributed by atoms with Gasteiger partial charge < -0.3 is 10.6 Å². The predicted octanol–water partition coefficient (Wildman–Crippen LogP) is 2.19. The predicted molar refractivity (Wildman–Crippen MR) is 107 cm³/mol. The lowest BCUT2D eigenvalue weighted by Gasteiger charge is -2.10. The van der Waals surface area contributed by atoms with Crippen molar-refractivity contribution in [3.63, 3.8) is 0 Å². The number of nitrogens with one attached hydrogen (secondary N) is 2. The van der Waals surface area contributed by atoms with Crippen LogP contribution in [0.3, 0.4) is 0 Å². The van der Waals surface area contributed by atoms with E-state index in [-0.39, 0.29) is 18.2 Å². The van der Waals surface area contributed by atoms with Crippen LogP contribution in [-0.4, -0.2) is 41.2 Å². The lowest BCUT2D eigenvalue weighted by molar-refractivity contribution is -0.116. The molecule has 3 heterocycles. The van der Waals surface area contributed by atoms with E-state index >= 15 is 0 Å². The molecule has 3 aromatic heterocycles. The average Bonchev–Trinajstić information content (AvgIpc) is 3.35. The Hall–Kier alpha value is -2.95. The molecule has 3 aromatic rings. The summed E-state index contributed by atoms with van der Waals surface area (Å²) in [5, 5.41) is 18.0. The Morgan fingerprint density at radius 2 is 1.86 bits per heavy atom. The van der Waals surface area contributed by atoms with Crippen LogP contribution in [0.4, 0.5) is 11.4 Å². The Kier molecular flexibility index (Phi) is 5.93. The number of amides is 2. The van der Waals surface area contributed by atoms with Gasteiger partial charge in [-0.05, 0) is 29.8 Å². The number of hydrogen-bond donors (Lipinski definition) is 2. The quantitative estimate of drug-likeness (QED) is 0.575. The van der Waals surface area contributed by atoms with E-state index in [1.165, 1.54) is 6.20 Å². The molecule has 10 nitrogen and oxygen atoms in total. The summed E-state index contributed by atoms with van der Waals surface area (Å²) in [6, 6.07) is 0. The van der Waals surface area contributed by atoms with E-state index in [0.29, 0.717) is 30.2 Å². The van der Waals surface area contributed by atoms with E-state index in [2.05, 4.69) is 41.9 Å². The molecule has 0 aliphatic heterocycles. The van der Waals surface area contributed by atoms with Crippen LogP contribution >= 0.6 is 15.9 Å². The maximum absolute atomic E-state index is 12.8. The van der Waals surface area contributed by atoms with Crippen molar-refractivity contribution < 1.29 is 9.59 Å². The van der Waals surface area contributed by atoms with Gasteiger partial charge in [-0.2, -0.15) is 15.3 Å². The van der Waals surface area contributed by atoms with Crippen LogP contribution in [0.15, 0.2) is 29.3 Å². The van der Waals surface area contributed by atoms with Crippen molar-refractivity contribution in [1.82, 2.24) is 29.3 Å². The third kappa shape index (κ3) is 4.30. The second-order valence-corrected chi connectivity index (χ2v) is 7.08. The van der Waals surface area contributed by atoms with Crippen LogP contribution in [-0.2, 0) is 24.9 Å². The summed E-state index contributed by atoms with van der Waals surface area (Å²) in [6.45, 7) is 4.65. The lowest BCUT2D eigenvalue weighted by Crippen LogP contribution is -2.21. The summed E-state index contributed by atoms with van der Waals surface area (Å²) in [6.07, 6.45) is 6.73. The average molecular weight is 449 g/mol. The first-order chi connectivity index (χ1) is 13.4. The van der Waals surface area contributed by atoms with Crippen LogP contribution in [0.1, 0.15) is 29.5 Å². The first-order valence-corrected chi connectivity index (χ1v) is 9.52. The topological polar surface area (TPSA) is 112 Å². The van der Waals surface area contributed by atoms with Crippen molar-refractivity contribution in [3.05, 3.63) is 40.6 Å². The zero-order valence-corrected chi connectivity index (χ0v) is 17.4. The molecule has 0 aliphatic rings. The van der Waals surface area contributed by atoms with Crippen molar-refractivity contribution in [2.45, 2.75) is 33.4 Å². The Labute approximate surface area is 170 Å². The van der Waals surface area contributed by atoms with Crippen LogP contribution in [0.25, 0.3) is 0 Å². The molecule has 11 heteroatoms. The minimum Gasteiger partial charge on any atom is -0.323 e. The smallest absolute Gasteiger partial charge is 0.276 e. The zero-order valence-electron chi connectivity index (χ0n) is 15.8. The molecule has 0 saturated heterocycles. The number of aryl methyl sites for hydroxylation is 3. The van der Waals surface area contributed by atoms with E-state index in [1.807, 2.05) is 13.8 Å². The molecule has 0 aromatic carbocycles. The van der Waals surface area contributed by atoms with Gasteiger partial charge in [0.15, 0.2) is 0 Å². The Bertz CT molecular complexity index is 1000. The number of carbonyl (C=O) groups is 2. The molecular weight excluding hydrogens is 428 g/mol. The standard InChI is InChI=1S/C17H21BrN8O2/c1-4-26-16(17(28)23-13-8-19-24(3)11(13)2)14(9-21-26)22-15(27)5-6-25-10-12(18)7-20-25/h7-10H,4-6H2,1-3H3,(H,22,27)(H,23,28). The highest BCUT2D eigenvalue weighted by atomic mass is 79.9. The number of nitrogens with zero attached hydrogens (tertiary/aromatic N) is 6. The molecule has 148 valence electrons. The molecule has 2 N–H and O–H groups in total. The van der Waals surface area contributed by atoms with Crippen LogP contribution in [0, 0.1) is 6.92 Å². The number of aromatic nitrogens is 6. The molecular formula is C17H21BrN8O2. The van der Waals surface area contributed by atoms with Crippen molar-refractivity contribution in [2.24, 2.45) is 7.05 Å². The first-order valence-electron chi connectivity index (χ1n) is 8.72. The van der Waals surface area contributed by atoms with Crippen molar-refractivity contribution in [1.29, 1.82) is 0 Å². The maximum Gasteiger partial charge on any atom is 0.276 e. The highest BCUT2D eigenvalue weighted by molar-refractivity contribution is 9.10. The van der Waals surface area contributed by atoms with Gasteiger partial charge >= 0.3 is 0 Å². The summed E-state index contributed by atoms with van der Waals surface area (Å²) < 4.78 is 5.73. The summed E-state index contributed by atoms with van der Waals surface area (Å²) in [5.74, 6) is -0.587. The first kappa shape index (κ1) is 19.8. The van der Waals surface area contributed by atoms with Crippen molar-refractivity contribution in [2.75, 3.05) is 10.6 Å². The molecule has 0 unspecified atom stereocenters. The summed E-state index contributed by atoms with van der Waals surface area (Å²) >= 11 is 3.32. The largest absolute Gasteiger partial charge is 0.323 e.